The lowest BCUT2D eigenvalue weighted by atomic mass is 9.91. The summed E-state index contributed by atoms with van der Waals surface area (Å²) in [5.41, 5.74) is 1.86. The van der Waals surface area contributed by atoms with E-state index in [-0.39, 0.29) is 0 Å². The van der Waals surface area contributed by atoms with E-state index in [1.807, 2.05) is 24.3 Å². The molecular weight excluding hydrogens is 376 g/mol. The maximum Gasteiger partial charge on any atom is 0.329 e. The number of nitriles is 1. The lowest BCUT2D eigenvalue weighted by molar-refractivity contribution is -0.145. The van der Waals surface area contributed by atoms with Crippen LogP contribution in [0.4, 0.5) is 5.82 Å². The molecule has 1 aliphatic heterocycles. The van der Waals surface area contributed by atoms with Crippen LogP contribution in [0.3, 0.4) is 0 Å². The Morgan fingerprint density at radius 1 is 1.17 bits per heavy atom. The number of para-hydroxylation sites is 2. The minimum atomic E-state index is -1.08. The molecule has 1 fully saturated rings. The molecule has 0 unspecified atom stereocenters. The van der Waals surface area contributed by atoms with Crippen LogP contribution in [-0.4, -0.2) is 35.6 Å². The summed E-state index contributed by atoms with van der Waals surface area (Å²) in [4.78, 5) is 24.7. The van der Waals surface area contributed by atoms with E-state index in [0.29, 0.717) is 41.4 Å². The second-order valence-corrected chi connectivity index (χ2v) is 8.65. The Kier molecular flexibility index (Phi) is 7.25. The van der Waals surface area contributed by atoms with E-state index in [1.54, 1.807) is 0 Å². The predicted molar refractivity (Wildman–Crippen MR) is 118 cm³/mol. The zero-order chi connectivity index (χ0) is 21.7. The van der Waals surface area contributed by atoms with Crippen LogP contribution in [0.15, 0.2) is 24.3 Å². The maximum absolute atomic E-state index is 12.9. The Bertz CT molecular complexity index is 909. The van der Waals surface area contributed by atoms with Crippen LogP contribution in [0.2, 0.25) is 0 Å². The first-order valence-corrected chi connectivity index (χ1v) is 11.0. The quantitative estimate of drug-likeness (QED) is 0.618. The average Bonchev–Trinajstić information content (AvgIpc) is 2.73. The van der Waals surface area contributed by atoms with Gasteiger partial charge in [0.05, 0.1) is 23.7 Å². The van der Waals surface area contributed by atoms with Crippen molar-refractivity contribution in [1.82, 2.24) is 9.97 Å². The van der Waals surface area contributed by atoms with E-state index in [1.165, 1.54) is 0 Å². The highest BCUT2D eigenvalue weighted by Gasteiger charge is 2.32. The summed E-state index contributed by atoms with van der Waals surface area (Å²) >= 11 is 0. The van der Waals surface area contributed by atoms with Gasteiger partial charge in [-0.1, -0.05) is 52.7 Å². The number of rotatable bonds is 7. The van der Waals surface area contributed by atoms with Crippen molar-refractivity contribution in [3.8, 4) is 6.07 Å². The van der Waals surface area contributed by atoms with Crippen LogP contribution in [0.1, 0.15) is 58.6 Å². The Morgan fingerprint density at radius 2 is 1.77 bits per heavy atom. The minimum absolute atomic E-state index is 0.305. The first kappa shape index (κ1) is 22.0. The van der Waals surface area contributed by atoms with Gasteiger partial charge in [0, 0.05) is 13.1 Å². The molecule has 0 aliphatic carbocycles. The molecule has 6 nitrogen and oxygen atoms in total. The molecule has 30 heavy (non-hydrogen) atoms. The van der Waals surface area contributed by atoms with Crippen molar-refractivity contribution in [3.05, 3.63) is 30.0 Å². The van der Waals surface area contributed by atoms with Crippen molar-refractivity contribution in [1.29, 1.82) is 5.26 Å². The highest BCUT2D eigenvalue weighted by molar-refractivity contribution is 5.85. The van der Waals surface area contributed by atoms with Gasteiger partial charge in [0.15, 0.2) is 11.7 Å². The first-order valence-electron chi connectivity index (χ1n) is 11.0. The van der Waals surface area contributed by atoms with Crippen LogP contribution in [-0.2, 0) is 9.53 Å². The normalized spacial score (nSPS) is 20.2. The number of carbonyl (C=O) groups is 1. The topological polar surface area (TPSA) is 79.1 Å². The summed E-state index contributed by atoms with van der Waals surface area (Å²) in [7, 11) is 0. The summed E-state index contributed by atoms with van der Waals surface area (Å²) in [6.07, 6.45) is 3.03. The molecule has 6 heteroatoms. The SMILES string of the molecule is CCC(CC)COC(=O)[C@@H](C#N)c1nc2ccccc2nc1N1C[C@H](C)C[C@@H](C)C1. The highest BCUT2D eigenvalue weighted by atomic mass is 16.5. The molecule has 1 saturated heterocycles. The molecule has 0 radical (unpaired) electrons. The molecule has 1 aromatic carbocycles. The number of fused-ring (bicyclic) bond motifs is 1. The average molecular weight is 409 g/mol. The standard InChI is InChI=1S/C24H32N4O2/c1-5-18(6-2)15-30-24(29)19(12-25)22-23(28-13-16(3)11-17(4)14-28)27-21-10-8-7-9-20(21)26-22/h7-10,16-19H,5-6,11,13-15H2,1-4H3/t16-,17-,19+/m1/s1. The van der Waals surface area contributed by atoms with Crippen LogP contribution in [0, 0.1) is 29.1 Å². The lowest BCUT2D eigenvalue weighted by Crippen LogP contribution is -2.40. The largest absolute Gasteiger partial charge is 0.464 e. The zero-order valence-electron chi connectivity index (χ0n) is 18.5. The summed E-state index contributed by atoms with van der Waals surface area (Å²) in [5, 5.41) is 9.89. The Balaban J connectivity index is 1.99. The number of hydrogen-bond donors (Lipinski definition) is 0. The van der Waals surface area contributed by atoms with E-state index in [2.05, 4.69) is 38.7 Å². The third-order valence-electron chi connectivity index (χ3n) is 6.00. The number of esters is 1. The van der Waals surface area contributed by atoms with E-state index in [9.17, 15) is 10.1 Å². The van der Waals surface area contributed by atoms with Gasteiger partial charge < -0.3 is 9.64 Å². The molecule has 3 rings (SSSR count). The zero-order valence-corrected chi connectivity index (χ0v) is 18.5. The molecule has 2 heterocycles. The molecule has 0 N–H and O–H groups in total. The van der Waals surface area contributed by atoms with Gasteiger partial charge in [-0.25, -0.2) is 9.97 Å². The Morgan fingerprint density at radius 3 is 2.33 bits per heavy atom. The molecule has 160 valence electrons. The molecule has 1 aromatic heterocycles. The molecule has 0 spiro atoms. The van der Waals surface area contributed by atoms with Gasteiger partial charge in [-0.05, 0) is 36.3 Å². The van der Waals surface area contributed by atoms with Crippen molar-refractivity contribution in [3.63, 3.8) is 0 Å². The third kappa shape index (κ3) is 4.89. The minimum Gasteiger partial charge on any atom is -0.464 e. The smallest absolute Gasteiger partial charge is 0.329 e. The molecule has 0 saturated carbocycles. The number of nitrogens with zero attached hydrogens (tertiary/aromatic N) is 4. The number of ether oxygens (including phenoxy) is 1. The molecule has 3 atom stereocenters. The van der Waals surface area contributed by atoms with Gasteiger partial charge in [0.2, 0.25) is 0 Å². The summed E-state index contributed by atoms with van der Waals surface area (Å²) < 4.78 is 5.54. The maximum atomic E-state index is 12.9. The summed E-state index contributed by atoms with van der Waals surface area (Å²) in [6.45, 7) is 10.6. The van der Waals surface area contributed by atoms with Crippen molar-refractivity contribution in [2.75, 3.05) is 24.6 Å². The van der Waals surface area contributed by atoms with Gasteiger partial charge >= 0.3 is 5.97 Å². The second-order valence-electron chi connectivity index (χ2n) is 8.65. The Hall–Kier alpha value is -2.68. The monoisotopic (exact) mass is 408 g/mol. The summed E-state index contributed by atoms with van der Waals surface area (Å²) in [6, 6.07) is 9.73. The van der Waals surface area contributed by atoms with Gasteiger partial charge in [0.1, 0.15) is 5.69 Å². The first-order chi connectivity index (χ1) is 14.5. The second kappa shape index (κ2) is 9.88. The molecule has 2 aromatic rings. The van der Waals surface area contributed by atoms with Gasteiger partial charge in [-0.2, -0.15) is 5.26 Å². The number of benzene rings is 1. The van der Waals surface area contributed by atoms with Crippen LogP contribution < -0.4 is 4.90 Å². The van der Waals surface area contributed by atoms with Crippen molar-refractivity contribution in [2.24, 2.45) is 17.8 Å². The molecule has 0 amide bonds. The third-order valence-corrected chi connectivity index (χ3v) is 6.00. The molecular formula is C24H32N4O2. The summed E-state index contributed by atoms with van der Waals surface area (Å²) in [5.74, 6) is 0.346. The van der Waals surface area contributed by atoms with E-state index >= 15 is 0 Å². The number of piperidine rings is 1. The van der Waals surface area contributed by atoms with Crippen LogP contribution in [0.25, 0.3) is 11.0 Å². The van der Waals surface area contributed by atoms with E-state index in [0.717, 1.165) is 37.9 Å². The van der Waals surface area contributed by atoms with Gasteiger partial charge in [-0.15, -0.1) is 0 Å². The van der Waals surface area contributed by atoms with Crippen molar-refractivity contribution < 1.29 is 9.53 Å². The predicted octanol–water partition coefficient (Wildman–Crippen LogP) is 4.70. The highest BCUT2D eigenvalue weighted by Crippen LogP contribution is 2.32. The van der Waals surface area contributed by atoms with Gasteiger partial charge in [0.25, 0.3) is 0 Å². The number of carbonyl (C=O) groups excluding carboxylic acids is 1. The fourth-order valence-electron chi connectivity index (χ4n) is 4.30. The van der Waals surface area contributed by atoms with Gasteiger partial charge in [-0.3, -0.25) is 4.79 Å². The van der Waals surface area contributed by atoms with Crippen LogP contribution >= 0.6 is 0 Å². The lowest BCUT2D eigenvalue weighted by Gasteiger charge is -2.36. The molecule has 1 aliphatic rings. The fourth-order valence-corrected chi connectivity index (χ4v) is 4.30. The fraction of sp³-hybridized carbons (Fsp3) is 0.583. The number of anilines is 1. The number of aromatic nitrogens is 2. The van der Waals surface area contributed by atoms with Crippen molar-refractivity contribution in [2.45, 2.75) is 52.9 Å². The number of hydrogen-bond acceptors (Lipinski definition) is 6. The van der Waals surface area contributed by atoms with E-state index in [4.69, 9.17) is 14.7 Å². The molecule has 0 bridgehead atoms. The van der Waals surface area contributed by atoms with Crippen LogP contribution in [0.5, 0.6) is 0 Å². The van der Waals surface area contributed by atoms with E-state index < -0.39 is 11.9 Å². The van der Waals surface area contributed by atoms with Crippen molar-refractivity contribution >= 4 is 22.8 Å². The Labute approximate surface area is 179 Å².